The van der Waals surface area contributed by atoms with E-state index < -0.39 is 0 Å². The zero-order chi connectivity index (χ0) is 14.0. The molecular weight excluding hydrogens is 241 g/mol. The van der Waals surface area contributed by atoms with Gasteiger partial charge in [-0.15, -0.1) is 0 Å². The molecule has 0 unspecified atom stereocenters. The Morgan fingerprint density at radius 3 is 2.74 bits per heavy atom. The second-order valence-corrected chi connectivity index (χ2v) is 5.46. The third kappa shape index (κ3) is 3.19. The first-order valence-electron chi connectivity index (χ1n) is 6.71. The van der Waals surface area contributed by atoms with Crippen molar-refractivity contribution >= 4 is 5.69 Å². The van der Waals surface area contributed by atoms with Crippen molar-refractivity contribution in [1.82, 2.24) is 5.32 Å². The lowest BCUT2D eigenvalue weighted by Crippen LogP contribution is -2.36. The average Bonchev–Trinajstić information content (AvgIpc) is 2.72. The first-order valence-corrected chi connectivity index (χ1v) is 6.71. The van der Waals surface area contributed by atoms with Gasteiger partial charge in [0.1, 0.15) is 5.82 Å². The van der Waals surface area contributed by atoms with Crippen LogP contribution >= 0.6 is 0 Å². The Bertz CT molecular complexity index is 482. The Kier molecular flexibility index (Phi) is 3.98. The van der Waals surface area contributed by atoms with Crippen LogP contribution in [0.5, 0.6) is 0 Å². The van der Waals surface area contributed by atoms with Gasteiger partial charge in [-0.2, -0.15) is 0 Å². The minimum Gasteiger partial charge on any atom is -0.386 e. The highest BCUT2D eigenvalue weighted by atomic mass is 19.1. The van der Waals surface area contributed by atoms with Gasteiger partial charge < -0.3 is 16.0 Å². The van der Waals surface area contributed by atoms with Crippen molar-refractivity contribution in [2.75, 3.05) is 18.0 Å². The molecule has 1 aliphatic heterocycles. The molecule has 0 aromatic heterocycles. The molecule has 0 spiro atoms. The third-order valence-corrected chi connectivity index (χ3v) is 3.45. The predicted octanol–water partition coefficient (Wildman–Crippen LogP) is 2.37. The van der Waals surface area contributed by atoms with Crippen LogP contribution in [-0.4, -0.2) is 19.1 Å². The van der Waals surface area contributed by atoms with E-state index in [4.69, 9.17) is 5.73 Å². The van der Waals surface area contributed by atoms with Crippen molar-refractivity contribution in [3.63, 3.8) is 0 Å². The summed E-state index contributed by atoms with van der Waals surface area (Å²) in [6.07, 6.45) is 2.02. The maximum atomic E-state index is 14.1. The van der Waals surface area contributed by atoms with Gasteiger partial charge in [0.15, 0.2) is 0 Å². The second kappa shape index (κ2) is 5.51. The Labute approximate surface area is 114 Å². The van der Waals surface area contributed by atoms with E-state index in [2.05, 4.69) is 24.1 Å². The smallest absolute Gasteiger partial charge is 0.146 e. The summed E-state index contributed by atoms with van der Waals surface area (Å²) >= 11 is 0. The molecule has 4 heteroatoms. The van der Waals surface area contributed by atoms with Gasteiger partial charge in [-0.3, -0.25) is 0 Å². The van der Waals surface area contributed by atoms with E-state index in [1.54, 1.807) is 6.07 Å². The molecule has 0 saturated heterocycles. The van der Waals surface area contributed by atoms with Crippen LogP contribution in [0.1, 0.15) is 19.4 Å². The number of nitrogens with zero attached hydrogens (tertiary/aromatic N) is 1. The minimum absolute atomic E-state index is 0.156. The van der Waals surface area contributed by atoms with E-state index in [1.165, 1.54) is 0 Å². The van der Waals surface area contributed by atoms with Crippen molar-refractivity contribution in [1.29, 1.82) is 0 Å². The Hall–Kier alpha value is -1.71. The van der Waals surface area contributed by atoms with Gasteiger partial charge in [0.05, 0.1) is 11.5 Å². The molecule has 3 N–H and O–H groups in total. The number of anilines is 1. The minimum atomic E-state index is -0.156. The van der Waals surface area contributed by atoms with Crippen LogP contribution in [0.3, 0.4) is 0 Å². The molecule has 0 bridgehead atoms. The molecule has 1 aromatic rings. The maximum Gasteiger partial charge on any atom is 0.146 e. The molecule has 3 nitrogen and oxygen atoms in total. The van der Waals surface area contributed by atoms with Crippen LogP contribution in [0.4, 0.5) is 10.1 Å². The number of nitrogens with one attached hydrogen (secondary N) is 1. The summed E-state index contributed by atoms with van der Waals surface area (Å²) in [5.41, 5.74) is 7.33. The van der Waals surface area contributed by atoms with E-state index in [9.17, 15) is 4.39 Å². The van der Waals surface area contributed by atoms with E-state index in [1.807, 2.05) is 25.1 Å². The summed E-state index contributed by atoms with van der Waals surface area (Å²) in [5, 5.41) is 3.11. The number of nitrogens with two attached hydrogens (primary N) is 1. The Morgan fingerprint density at radius 2 is 2.21 bits per heavy atom. The number of benzene rings is 1. The van der Waals surface area contributed by atoms with Gasteiger partial charge in [0.2, 0.25) is 0 Å². The molecule has 0 radical (unpaired) electrons. The molecule has 0 saturated carbocycles. The molecule has 0 aliphatic carbocycles. The predicted molar refractivity (Wildman–Crippen MR) is 77.4 cm³/mol. The topological polar surface area (TPSA) is 41.3 Å². The van der Waals surface area contributed by atoms with Crippen LogP contribution in [0.25, 0.3) is 0 Å². The SMILES string of the molecule is Cc1ccc(N(C[C@H]2C=C(N)NC2)C(C)C)c(F)c1. The monoisotopic (exact) mass is 263 g/mol. The van der Waals surface area contributed by atoms with E-state index in [-0.39, 0.29) is 11.9 Å². The van der Waals surface area contributed by atoms with Gasteiger partial charge in [0, 0.05) is 25.0 Å². The fourth-order valence-electron chi connectivity index (χ4n) is 2.42. The van der Waals surface area contributed by atoms with Crippen molar-refractivity contribution in [2.24, 2.45) is 11.7 Å². The van der Waals surface area contributed by atoms with E-state index >= 15 is 0 Å². The summed E-state index contributed by atoms with van der Waals surface area (Å²) in [7, 11) is 0. The largest absolute Gasteiger partial charge is 0.386 e. The molecule has 1 heterocycles. The first kappa shape index (κ1) is 13.7. The van der Waals surface area contributed by atoms with E-state index in [0.717, 1.165) is 24.5 Å². The number of hydrogen-bond acceptors (Lipinski definition) is 3. The summed E-state index contributed by atoms with van der Waals surface area (Å²) < 4.78 is 14.1. The second-order valence-electron chi connectivity index (χ2n) is 5.46. The highest BCUT2D eigenvalue weighted by molar-refractivity contribution is 5.50. The average molecular weight is 263 g/mol. The van der Waals surface area contributed by atoms with Crippen molar-refractivity contribution in [2.45, 2.75) is 26.8 Å². The quantitative estimate of drug-likeness (QED) is 0.876. The fourth-order valence-corrected chi connectivity index (χ4v) is 2.42. The molecule has 104 valence electrons. The van der Waals surface area contributed by atoms with E-state index in [0.29, 0.717) is 11.6 Å². The lowest BCUT2D eigenvalue weighted by molar-refractivity contribution is 0.556. The van der Waals surface area contributed by atoms with Crippen molar-refractivity contribution < 1.29 is 4.39 Å². The molecule has 1 aliphatic rings. The zero-order valence-electron chi connectivity index (χ0n) is 11.8. The normalized spacial score (nSPS) is 18.4. The van der Waals surface area contributed by atoms with Gasteiger partial charge in [-0.05, 0) is 44.5 Å². The van der Waals surface area contributed by atoms with Gasteiger partial charge >= 0.3 is 0 Å². The summed E-state index contributed by atoms with van der Waals surface area (Å²) in [6.45, 7) is 7.65. The third-order valence-electron chi connectivity index (χ3n) is 3.45. The van der Waals surface area contributed by atoms with Crippen LogP contribution in [-0.2, 0) is 0 Å². The van der Waals surface area contributed by atoms with Crippen LogP contribution in [0.15, 0.2) is 30.1 Å². The summed E-state index contributed by atoms with van der Waals surface area (Å²) in [4.78, 5) is 2.09. The van der Waals surface area contributed by atoms with Crippen LogP contribution < -0.4 is 16.0 Å². The molecule has 2 rings (SSSR count). The number of aryl methyl sites for hydroxylation is 1. The zero-order valence-corrected chi connectivity index (χ0v) is 11.8. The van der Waals surface area contributed by atoms with Crippen LogP contribution in [0, 0.1) is 18.7 Å². The first-order chi connectivity index (χ1) is 8.97. The van der Waals surface area contributed by atoms with Crippen LogP contribution in [0.2, 0.25) is 0 Å². The maximum absolute atomic E-state index is 14.1. The van der Waals surface area contributed by atoms with Gasteiger partial charge in [-0.1, -0.05) is 6.07 Å². The van der Waals surface area contributed by atoms with Crippen molar-refractivity contribution in [3.8, 4) is 0 Å². The lowest BCUT2D eigenvalue weighted by Gasteiger charge is -2.31. The Morgan fingerprint density at radius 1 is 1.47 bits per heavy atom. The highest BCUT2D eigenvalue weighted by Gasteiger charge is 2.21. The molecular formula is C15H22FN3. The Balaban J connectivity index is 2.20. The molecule has 1 atom stereocenters. The van der Waals surface area contributed by atoms with Gasteiger partial charge in [0.25, 0.3) is 0 Å². The molecule has 0 fully saturated rings. The molecule has 19 heavy (non-hydrogen) atoms. The summed E-state index contributed by atoms with van der Waals surface area (Å²) in [6, 6.07) is 5.64. The summed E-state index contributed by atoms with van der Waals surface area (Å²) in [5.74, 6) is 0.887. The number of rotatable bonds is 4. The van der Waals surface area contributed by atoms with Gasteiger partial charge in [-0.25, -0.2) is 4.39 Å². The number of hydrogen-bond donors (Lipinski definition) is 2. The van der Waals surface area contributed by atoms with Crippen molar-refractivity contribution in [3.05, 3.63) is 41.5 Å². The fraction of sp³-hybridized carbons (Fsp3) is 0.467. The number of halogens is 1. The molecule has 1 aromatic carbocycles. The highest BCUT2D eigenvalue weighted by Crippen LogP contribution is 2.24. The standard InChI is InChI=1S/C15H22FN3/c1-10(2)19(9-12-7-15(17)18-8-12)14-5-4-11(3)6-13(14)16/h4-7,10,12,18H,8-9,17H2,1-3H3/t12-/m0/s1. The lowest BCUT2D eigenvalue weighted by atomic mass is 10.1. The molecule has 0 amide bonds.